The first kappa shape index (κ1) is 23.2. The van der Waals surface area contributed by atoms with E-state index in [1.165, 1.54) is 0 Å². The highest BCUT2D eigenvalue weighted by Gasteiger charge is 2.15. The number of nitriles is 1. The molecule has 0 bridgehead atoms. The number of piperidine rings is 1. The predicted octanol–water partition coefficient (Wildman–Crippen LogP) is 1.35. The molecule has 1 atom stereocenters. The molecule has 1 heterocycles. The van der Waals surface area contributed by atoms with E-state index in [4.69, 9.17) is 5.26 Å². The SMILES string of the molecule is CC(CCNC(=O)c1ccc(NC(=O)NC2CCNCC2)cc1)CC(=O)NCC#N. The summed E-state index contributed by atoms with van der Waals surface area (Å²) in [6.45, 7) is 4.19. The molecule has 1 unspecified atom stereocenters. The Bertz CT molecular complexity index is 753. The minimum atomic E-state index is -0.244. The number of carbonyl (C=O) groups is 3. The Morgan fingerprint density at radius 3 is 2.53 bits per heavy atom. The first-order chi connectivity index (χ1) is 14.5. The number of anilines is 1. The third-order valence-corrected chi connectivity index (χ3v) is 4.90. The third kappa shape index (κ3) is 8.49. The Morgan fingerprint density at radius 1 is 1.17 bits per heavy atom. The number of hydrogen-bond donors (Lipinski definition) is 5. The van der Waals surface area contributed by atoms with Crippen molar-refractivity contribution in [2.24, 2.45) is 5.92 Å². The highest BCUT2D eigenvalue weighted by molar-refractivity contribution is 5.95. The van der Waals surface area contributed by atoms with Gasteiger partial charge in [-0.15, -0.1) is 0 Å². The maximum atomic E-state index is 12.3. The molecule has 0 saturated carbocycles. The van der Waals surface area contributed by atoms with Crippen LogP contribution in [0.3, 0.4) is 0 Å². The van der Waals surface area contributed by atoms with Gasteiger partial charge < -0.3 is 26.6 Å². The zero-order valence-electron chi connectivity index (χ0n) is 17.3. The van der Waals surface area contributed by atoms with E-state index >= 15 is 0 Å². The van der Waals surface area contributed by atoms with E-state index in [1.807, 2.05) is 13.0 Å². The summed E-state index contributed by atoms with van der Waals surface area (Å²) in [4.78, 5) is 35.9. The quantitative estimate of drug-likeness (QED) is 0.389. The first-order valence-electron chi connectivity index (χ1n) is 10.3. The Labute approximate surface area is 177 Å². The van der Waals surface area contributed by atoms with Crippen LogP contribution in [0.25, 0.3) is 0 Å². The molecule has 162 valence electrons. The maximum Gasteiger partial charge on any atom is 0.319 e. The van der Waals surface area contributed by atoms with Gasteiger partial charge in [0.15, 0.2) is 0 Å². The Hall–Kier alpha value is -3.12. The first-order valence-corrected chi connectivity index (χ1v) is 10.3. The van der Waals surface area contributed by atoms with Gasteiger partial charge in [0.1, 0.15) is 6.54 Å². The van der Waals surface area contributed by atoms with Crippen molar-refractivity contribution < 1.29 is 14.4 Å². The Kier molecular flexibility index (Phi) is 9.61. The molecule has 1 fully saturated rings. The second-order valence-electron chi connectivity index (χ2n) is 7.49. The fraction of sp³-hybridized carbons (Fsp3) is 0.524. The number of carbonyl (C=O) groups excluding carboxylic acids is 3. The average molecular weight is 415 g/mol. The van der Waals surface area contributed by atoms with Crippen LogP contribution in [0.15, 0.2) is 24.3 Å². The minimum Gasteiger partial charge on any atom is -0.352 e. The van der Waals surface area contributed by atoms with E-state index in [0.29, 0.717) is 30.6 Å². The van der Waals surface area contributed by atoms with E-state index < -0.39 is 0 Å². The molecule has 1 aromatic carbocycles. The number of nitrogens with one attached hydrogen (secondary N) is 5. The molecular weight excluding hydrogens is 384 g/mol. The summed E-state index contributed by atoms with van der Waals surface area (Å²) < 4.78 is 0. The molecule has 1 aliphatic heterocycles. The molecule has 1 aliphatic rings. The van der Waals surface area contributed by atoms with Crippen LogP contribution in [0.2, 0.25) is 0 Å². The van der Waals surface area contributed by atoms with Crippen molar-refractivity contribution in [2.75, 3.05) is 31.5 Å². The van der Waals surface area contributed by atoms with E-state index in [2.05, 4.69) is 26.6 Å². The molecule has 4 amide bonds. The largest absolute Gasteiger partial charge is 0.352 e. The van der Waals surface area contributed by atoms with Gasteiger partial charge in [0.2, 0.25) is 5.91 Å². The van der Waals surface area contributed by atoms with Crippen molar-refractivity contribution in [3.05, 3.63) is 29.8 Å². The van der Waals surface area contributed by atoms with Gasteiger partial charge in [0, 0.05) is 30.3 Å². The topological polar surface area (TPSA) is 135 Å². The van der Waals surface area contributed by atoms with Gasteiger partial charge in [-0.05, 0) is 62.5 Å². The lowest BCUT2D eigenvalue weighted by Crippen LogP contribution is -2.44. The van der Waals surface area contributed by atoms with Crippen LogP contribution < -0.4 is 26.6 Å². The molecule has 1 aromatic rings. The molecular formula is C21H30N6O3. The zero-order valence-corrected chi connectivity index (χ0v) is 17.3. The normalized spacial score (nSPS) is 14.8. The summed E-state index contributed by atoms with van der Waals surface area (Å²) in [5.41, 5.74) is 1.12. The minimum absolute atomic E-state index is 0.00681. The Morgan fingerprint density at radius 2 is 1.87 bits per heavy atom. The summed E-state index contributed by atoms with van der Waals surface area (Å²) in [6.07, 6.45) is 2.80. The third-order valence-electron chi connectivity index (χ3n) is 4.90. The maximum absolute atomic E-state index is 12.3. The average Bonchev–Trinajstić information content (AvgIpc) is 2.73. The lowest BCUT2D eigenvalue weighted by Gasteiger charge is -2.23. The van der Waals surface area contributed by atoms with Crippen LogP contribution in [0.1, 0.15) is 43.0 Å². The van der Waals surface area contributed by atoms with Gasteiger partial charge in [-0.25, -0.2) is 4.79 Å². The number of hydrogen-bond acceptors (Lipinski definition) is 5. The van der Waals surface area contributed by atoms with E-state index in [-0.39, 0.29) is 36.3 Å². The lowest BCUT2D eigenvalue weighted by atomic mass is 10.0. The molecule has 0 aromatic heterocycles. The standard InChI is InChI=1S/C21H30N6O3/c1-15(14-19(28)24-13-9-22)6-12-25-20(29)16-2-4-17(5-3-16)26-21(30)27-18-7-10-23-11-8-18/h2-5,15,18,23H,6-8,10-14H2,1H3,(H,24,28)(H,25,29)(H2,26,27,30). The molecule has 9 heteroatoms. The van der Waals surface area contributed by atoms with Crippen LogP contribution >= 0.6 is 0 Å². The summed E-state index contributed by atoms with van der Waals surface area (Å²) in [7, 11) is 0. The van der Waals surface area contributed by atoms with Crippen LogP contribution in [0.4, 0.5) is 10.5 Å². The second kappa shape index (κ2) is 12.4. The van der Waals surface area contributed by atoms with E-state index in [0.717, 1.165) is 25.9 Å². The summed E-state index contributed by atoms with van der Waals surface area (Å²) in [5, 5.41) is 22.8. The number of urea groups is 1. The zero-order chi connectivity index (χ0) is 21.8. The van der Waals surface area contributed by atoms with E-state index in [9.17, 15) is 14.4 Å². The van der Waals surface area contributed by atoms with Gasteiger partial charge in [-0.1, -0.05) is 6.92 Å². The lowest BCUT2D eigenvalue weighted by molar-refractivity contribution is -0.121. The van der Waals surface area contributed by atoms with Crippen LogP contribution in [0, 0.1) is 17.2 Å². The van der Waals surface area contributed by atoms with Crippen molar-refractivity contribution in [1.82, 2.24) is 21.3 Å². The molecule has 1 saturated heterocycles. The van der Waals surface area contributed by atoms with Gasteiger partial charge in [-0.2, -0.15) is 5.26 Å². The van der Waals surface area contributed by atoms with Gasteiger partial charge in [-0.3, -0.25) is 9.59 Å². The summed E-state index contributed by atoms with van der Waals surface area (Å²) >= 11 is 0. The highest BCUT2D eigenvalue weighted by Crippen LogP contribution is 2.11. The molecule has 30 heavy (non-hydrogen) atoms. The smallest absolute Gasteiger partial charge is 0.319 e. The predicted molar refractivity (Wildman–Crippen MR) is 114 cm³/mol. The fourth-order valence-electron chi connectivity index (χ4n) is 3.19. The van der Waals surface area contributed by atoms with Crippen molar-refractivity contribution >= 4 is 23.5 Å². The second-order valence-corrected chi connectivity index (χ2v) is 7.49. The van der Waals surface area contributed by atoms with Crippen molar-refractivity contribution in [2.45, 2.75) is 38.6 Å². The molecule has 2 rings (SSSR count). The van der Waals surface area contributed by atoms with Gasteiger partial charge >= 0.3 is 6.03 Å². The molecule has 0 aliphatic carbocycles. The fourth-order valence-corrected chi connectivity index (χ4v) is 3.19. The van der Waals surface area contributed by atoms with Crippen molar-refractivity contribution in [1.29, 1.82) is 5.26 Å². The van der Waals surface area contributed by atoms with Gasteiger partial charge in [0.05, 0.1) is 6.07 Å². The molecule has 0 radical (unpaired) electrons. The molecule has 5 N–H and O–H groups in total. The number of amides is 4. The van der Waals surface area contributed by atoms with Crippen molar-refractivity contribution in [3.8, 4) is 6.07 Å². The van der Waals surface area contributed by atoms with Crippen LogP contribution in [-0.2, 0) is 4.79 Å². The number of rotatable bonds is 9. The number of nitrogens with zero attached hydrogens (tertiary/aromatic N) is 1. The Balaban J connectivity index is 1.69. The van der Waals surface area contributed by atoms with Crippen LogP contribution in [0.5, 0.6) is 0 Å². The monoisotopic (exact) mass is 414 g/mol. The van der Waals surface area contributed by atoms with Gasteiger partial charge in [0.25, 0.3) is 5.91 Å². The molecule has 0 spiro atoms. The molecule has 9 nitrogen and oxygen atoms in total. The summed E-state index contributed by atoms with van der Waals surface area (Å²) in [6, 6.07) is 8.50. The van der Waals surface area contributed by atoms with E-state index in [1.54, 1.807) is 24.3 Å². The number of benzene rings is 1. The van der Waals surface area contributed by atoms with Crippen LogP contribution in [-0.4, -0.2) is 50.1 Å². The highest BCUT2D eigenvalue weighted by atomic mass is 16.2. The van der Waals surface area contributed by atoms with Crippen molar-refractivity contribution in [3.63, 3.8) is 0 Å². The summed E-state index contributed by atoms with van der Waals surface area (Å²) in [5.74, 6) is -0.279.